The summed E-state index contributed by atoms with van der Waals surface area (Å²) in [5.74, 6) is -0.915. The first-order chi connectivity index (χ1) is 25.2. The molecule has 0 aliphatic carbocycles. The molecule has 4 atom stereocenters. The zero-order valence-electron chi connectivity index (χ0n) is 33.4. The molecule has 2 aromatic rings. The minimum absolute atomic E-state index is 0.0978. The molecule has 0 aliphatic heterocycles. The van der Waals surface area contributed by atoms with Crippen molar-refractivity contribution < 1.29 is 57.1 Å². The van der Waals surface area contributed by atoms with E-state index in [4.69, 9.17) is 28.4 Å². The summed E-state index contributed by atoms with van der Waals surface area (Å²) in [5, 5.41) is 14.7. The zero-order chi connectivity index (χ0) is 40.9. The van der Waals surface area contributed by atoms with Crippen LogP contribution < -0.4 is 10.6 Å². The molecule has 0 saturated carbocycles. The van der Waals surface area contributed by atoms with Crippen molar-refractivity contribution in [1.82, 2.24) is 10.6 Å². The number of ether oxygens (including phenoxy) is 6. The third-order valence-corrected chi connectivity index (χ3v) is 6.94. The van der Waals surface area contributed by atoms with Gasteiger partial charge in [0.25, 0.3) is 0 Å². The topological polar surface area (TPSA) is 168 Å². The molecule has 0 saturated heterocycles. The van der Waals surface area contributed by atoms with Crippen molar-refractivity contribution in [3.8, 4) is 0 Å². The van der Waals surface area contributed by atoms with Gasteiger partial charge in [-0.05, 0) is 77.3 Å². The molecule has 3 N–H and O–H groups in total. The average molecular weight is 765 g/mol. The lowest BCUT2D eigenvalue weighted by Gasteiger charge is -2.28. The first kappa shape index (κ1) is 47.9. The second kappa shape index (κ2) is 24.3. The predicted molar refractivity (Wildman–Crippen MR) is 201 cm³/mol. The third kappa shape index (κ3) is 22.8. The van der Waals surface area contributed by atoms with Crippen molar-refractivity contribution >= 4 is 24.2 Å². The molecule has 0 heterocycles. The molecule has 2 amide bonds. The summed E-state index contributed by atoms with van der Waals surface area (Å²) in [7, 11) is 0. The summed E-state index contributed by atoms with van der Waals surface area (Å²) < 4.78 is 45.5. The molecular weight excluding hydrogens is 703 g/mol. The van der Waals surface area contributed by atoms with Gasteiger partial charge in [-0.3, -0.25) is 4.79 Å². The fourth-order valence-electron chi connectivity index (χ4n) is 4.86. The molecule has 2 unspecified atom stereocenters. The van der Waals surface area contributed by atoms with E-state index in [-0.39, 0.29) is 32.0 Å². The van der Waals surface area contributed by atoms with Crippen LogP contribution >= 0.6 is 0 Å². The lowest BCUT2D eigenvalue weighted by molar-refractivity contribution is -0.165. The van der Waals surface area contributed by atoms with E-state index in [0.717, 1.165) is 11.1 Å². The summed E-state index contributed by atoms with van der Waals surface area (Å²) in [5.41, 5.74) is 0.500. The number of nitrogens with one attached hydrogen (secondary N) is 2. The van der Waals surface area contributed by atoms with E-state index in [0.29, 0.717) is 19.4 Å². The second-order valence-electron chi connectivity index (χ2n) is 15.5. The maximum Gasteiger partial charge on any atom is 0.407 e. The quantitative estimate of drug-likeness (QED) is 0.0692. The van der Waals surface area contributed by atoms with Crippen molar-refractivity contribution in [2.75, 3.05) is 13.6 Å². The van der Waals surface area contributed by atoms with Crippen molar-refractivity contribution in [1.29, 1.82) is 0 Å². The van der Waals surface area contributed by atoms with Gasteiger partial charge in [0.2, 0.25) is 0 Å². The molecule has 2 aromatic carbocycles. The molecule has 0 aromatic heterocycles. The van der Waals surface area contributed by atoms with Crippen LogP contribution in [0.15, 0.2) is 60.7 Å². The monoisotopic (exact) mass is 764 g/mol. The van der Waals surface area contributed by atoms with Crippen molar-refractivity contribution in [2.24, 2.45) is 11.8 Å². The Bertz CT molecular complexity index is 1270. The van der Waals surface area contributed by atoms with E-state index >= 15 is 0 Å². The van der Waals surface area contributed by atoms with Gasteiger partial charge in [-0.15, -0.1) is 0 Å². The number of aliphatic carboxylic acids is 1. The molecule has 2 rings (SSSR count). The van der Waals surface area contributed by atoms with Crippen LogP contribution in [0.2, 0.25) is 0 Å². The third-order valence-electron chi connectivity index (χ3n) is 6.94. The van der Waals surface area contributed by atoms with Crippen LogP contribution in [0.1, 0.15) is 93.2 Å². The van der Waals surface area contributed by atoms with Gasteiger partial charge in [0, 0.05) is 0 Å². The number of rotatable bonds is 20. The molecular formula is C40H61FN2O11. The highest BCUT2D eigenvalue weighted by Crippen LogP contribution is 2.17. The van der Waals surface area contributed by atoms with Crippen LogP contribution in [-0.4, -0.2) is 78.4 Å². The molecule has 0 spiro atoms. The molecule has 13 nitrogen and oxygen atoms in total. The highest BCUT2D eigenvalue weighted by atomic mass is 19.1. The number of amides is 2. The molecule has 14 heteroatoms. The molecule has 0 aliphatic rings. The Morgan fingerprint density at radius 1 is 0.630 bits per heavy atom. The van der Waals surface area contributed by atoms with Gasteiger partial charge >= 0.3 is 24.2 Å². The number of carbonyl (C=O) groups excluding carboxylic acids is 3. The number of hydrogen-bond donors (Lipinski definition) is 3. The minimum Gasteiger partial charge on any atom is -0.479 e. The fraction of sp³-hybridized carbons (Fsp3) is 0.600. The number of alkyl carbamates (subject to hydrolysis) is 2. The van der Waals surface area contributed by atoms with Crippen LogP contribution in [-0.2, 0) is 51.2 Å². The Morgan fingerprint density at radius 3 is 1.30 bits per heavy atom. The SMILES string of the molecule is CC(C)C[C@H](NC(=O)OC(C)(C)C)C(OCOCc1ccccc1)C(=O)F.CC(C)C[C@H](NC(=O)OC(C)(C)C)C(OCOCc1ccccc1)C(=O)O. The van der Waals surface area contributed by atoms with Gasteiger partial charge in [-0.25, -0.2) is 14.4 Å². The van der Waals surface area contributed by atoms with Crippen LogP contribution in [0.4, 0.5) is 14.0 Å². The van der Waals surface area contributed by atoms with Gasteiger partial charge in [-0.1, -0.05) is 88.4 Å². The maximum atomic E-state index is 13.6. The first-order valence-electron chi connectivity index (χ1n) is 18.0. The van der Waals surface area contributed by atoms with Gasteiger partial charge in [0.15, 0.2) is 12.2 Å². The molecule has 304 valence electrons. The summed E-state index contributed by atoms with van der Waals surface area (Å²) in [4.78, 5) is 47.3. The summed E-state index contributed by atoms with van der Waals surface area (Å²) in [6, 6.07) is 15.6. The molecule has 0 bridgehead atoms. The van der Waals surface area contributed by atoms with E-state index in [2.05, 4.69) is 10.6 Å². The Labute approximate surface area is 319 Å². The highest BCUT2D eigenvalue weighted by Gasteiger charge is 2.34. The molecule has 0 radical (unpaired) electrons. The van der Waals surface area contributed by atoms with Crippen molar-refractivity contribution in [3.05, 3.63) is 71.8 Å². The Morgan fingerprint density at radius 2 is 0.981 bits per heavy atom. The van der Waals surface area contributed by atoms with E-state index in [1.54, 1.807) is 41.5 Å². The largest absolute Gasteiger partial charge is 0.479 e. The Balaban J connectivity index is 0.000000540. The number of carboxylic acids is 1. The fourth-order valence-corrected chi connectivity index (χ4v) is 4.86. The van der Waals surface area contributed by atoms with E-state index in [1.165, 1.54) is 0 Å². The van der Waals surface area contributed by atoms with E-state index < -0.39 is 59.7 Å². The first-order valence-corrected chi connectivity index (χ1v) is 18.0. The molecule has 0 fully saturated rings. The lowest BCUT2D eigenvalue weighted by Crippen LogP contribution is -2.50. The van der Waals surface area contributed by atoms with Gasteiger partial charge in [-0.2, -0.15) is 4.39 Å². The van der Waals surface area contributed by atoms with Crippen LogP contribution in [0.5, 0.6) is 0 Å². The number of carboxylic acid groups (broad SMARTS) is 1. The van der Waals surface area contributed by atoms with Crippen molar-refractivity contribution in [3.63, 3.8) is 0 Å². The maximum absolute atomic E-state index is 13.6. The van der Waals surface area contributed by atoms with E-state index in [1.807, 2.05) is 88.4 Å². The molecule has 54 heavy (non-hydrogen) atoms. The standard InChI is InChI=1S/C20H30FNO5.C20H31NO6/c1-14(2)11-16(22-19(24)27-20(3,4)5)17(18(21)23)26-13-25-12-15-9-7-6-8-10-15;1-14(2)11-16(21-19(24)27-20(3,4)5)17(18(22)23)26-13-25-12-15-9-7-6-8-10-15/h6-10,14,16-17H,11-13H2,1-5H3,(H,22,24);6-10,14,16-17H,11-13H2,1-5H3,(H,21,24)(H,22,23)/t2*16-,17?/m00/s1. The summed E-state index contributed by atoms with van der Waals surface area (Å²) in [6.07, 6.45) is -3.33. The van der Waals surface area contributed by atoms with Gasteiger partial charge in [0.05, 0.1) is 25.3 Å². The number of hydrogen-bond acceptors (Lipinski definition) is 10. The predicted octanol–water partition coefficient (Wildman–Crippen LogP) is 7.55. The van der Waals surface area contributed by atoms with Gasteiger partial charge in [0.1, 0.15) is 24.8 Å². The number of benzene rings is 2. The smallest absolute Gasteiger partial charge is 0.407 e. The summed E-state index contributed by atoms with van der Waals surface area (Å²) in [6.45, 7) is 18.2. The minimum atomic E-state index is -1.67. The summed E-state index contributed by atoms with van der Waals surface area (Å²) >= 11 is 0. The number of halogens is 1. The average Bonchev–Trinajstić information content (AvgIpc) is 3.03. The van der Waals surface area contributed by atoms with Crippen LogP contribution in [0.25, 0.3) is 0 Å². The van der Waals surface area contributed by atoms with Crippen LogP contribution in [0, 0.1) is 11.8 Å². The normalized spacial score (nSPS) is 13.9. The second-order valence-corrected chi connectivity index (χ2v) is 15.5. The lowest BCUT2D eigenvalue weighted by atomic mass is 9.99. The zero-order valence-corrected chi connectivity index (χ0v) is 33.4. The number of carbonyl (C=O) groups is 4. The Hall–Kier alpha value is -4.11. The van der Waals surface area contributed by atoms with Gasteiger partial charge < -0.3 is 44.2 Å². The Kier molecular flexibility index (Phi) is 21.6. The van der Waals surface area contributed by atoms with Crippen molar-refractivity contribution in [2.45, 2.75) is 131 Å². The van der Waals surface area contributed by atoms with E-state index in [9.17, 15) is 28.7 Å². The van der Waals surface area contributed by atoms with Crippen LogP contribution in [0.3, 0.4) is 0 Å². The highest BCUT2D eigenvalue weighted by molar-refractivity contribution is 5.76.